The van der Waals surface area contributed by atoms with Crippen LogP contribution in [0.3, 0.4) is 0 Å². The summed E-state index contributed by atoms with van der Waals surface area (Å²) in [5.74, 6) is 0.782. The number of allylic oxidation sites excluding steroid dienone is 2. The van der Waals surface area contributed by atoms with Crippen LogP contribution in [0.4, 0.5) is 0 Å². The van der Waals surface area contributed by atoms with Gasteiger partial charge in [0.15, 0.2) is 0 Å². The van der Waals surface area contributed by atoms with Gasteiger partial charge in [0.2, 0.25) is 0 Å². The van der Waals surface area contributed by atoms with Crippen LogP contribution in [0, 0.1) is 0 Å². The largest absolute Gasteiger partial charge is 0.330 e. The number of aryl methyl sites for hydroxylation is 1. The maximum absolute atomic E-state index is 5.55. The molecule has 0 spiro atoms. The Balaban J connectivity index is 0.000000510. The molecule has 0 fully saturated rings. The molecule has 1 atom stereocenters. The van der Waals surface area contributed by atoms with Crippen molar-refractivity contribution in [2.24, 2.45) is 11.5 Å². The zero-order valence-electron chi connectivity index (χ0n) is 34.0. The number of rotatable bonds is 35. The van der Waals surface area contributed by atoms with Crippen molar-refractivity contribution in [1.82, 2.24) is 0 Å². The second-order valence-corrected chi connectivity index (χ2v) is 15.4. The highest BCUT2D eigenvalue weighted by atomic mass is 14.5. The topological polar surface area (TPSA) is 52.0 Å². The molecule has 2 aromatic rings. The third kappa shape index (κ3) is 32.5. The highest BCUT2D eigenvalue weighted by molar-refractivity contribution is 5.19. The zero-order chi connectivity index (χ0) is 36.6. The molecule has 0 bridgehead atoms. The van der Waals surface area contributed by atoms with Crippen molar-refractivity contribution in [2.45, 2.75) is 212 Å². The maximum Gasteiger partial charge on any atom is -0.00773 e. The minimum Gasteiger partial charge on any atom is -0.330 e. The summed E-state index contributed by atoms with van der Waals surface area (Å²) >= 11 is 0. The summed E-state index contributed by atoms with van der Waals surface area (Å²) < 4.78 is 0. The first kappa shape index (κ1) is 47.1. The average Bonchev–Trinajstić information content (AvgIpc) is 3.17. The Hall–Kier alpha value is -1.90. The molecule has 0 radical (unpaired) electrons. The first-order valence-corrected chi connectivity index (χ1v) is 22.5. The predicted octanol–water partition coefficient (Wildman–Crippen LogP) is 15.2. The molecule has 292 valence electrons. The van der Waals surface area contributed by atoms with Crippen LogP contribution in [0.1, 0.15) is 217 Å². The van der Waals surface area contributed by atoms with Gasteiger partial charge in [0.05, 0.1) is 0 Å². The van der Waals surface area contributed by atoms with Gasteiger partial charge in [0.1, 0.15) is 0 Å². The number of hydrogen-bond donors (Lipinski definition) is 2. The Morgan fingerprint density at radius 1 is 0.412 bits per heavy atom. The zero-order valence-corrected chi connectivity index (χ0v) is 34.0. The fraction of sp³-hybridized carbons (Fsp3) is 0.714. The fourth-order valence-electron chi connectivity index (χ4n) is 7.26. The Morgan fingerprint density at radius 2 is 0.784 bits per heavy atom. The monoisotopic (exact) mass is 703 g/mol. The highest BCUT2D eigenvalue weighted by Gasteiger charge is 2.11. The molecule has 51 heavy (non-hydrogen) atoms. The smallest absolute Gasteiger partial charge is 0.00773 e. The lowest BCUT2D eigenvalue weighted by atomic mass is 9.88. The Morgan fingerprint density at radius 3 is 1.24 bits per heavy atom. The van der Waals surface area contributed by atoms with Crippen molar-refractivity contribution >= 4 is 0 Å². The second-order valence-electron chi connectivity index (χ2n) is 15.4. The molecule has 0 heterocycles. The molecule has 2 rings (SSSR count). The minimum atomic E-state index is 0.782. The van der Waals surface area contributed by atoms with E-state index in [0.29, 0.717) is 0 Å². The molecule has 0 aliphatic rings. The molecule has 0 saturated heterocycles. The van der Waals surface area contributed by atoms with E-state index in [1.165, 1.54) is 205 Å². The lowest BCUT2D eigenvalue weighted by Crippen LogP contribution is -2.00. The maximum atomic E-state index is 5.55. The molecule has 0 aromatic heterocycles. The van der Waals surface area contributed by atoms with E-state index in [0.717, 1.165) is 19.0 Å². The first-order chi connectivity index (χ1) is 25.3. The van der Waals surface area contributed by atoms with Crippen molar-refractivity contribution in [3.05, 3.63) is 83.9 Å². The molecule has 2 heteroatoms. The van der Waals surface area contributed by atoms with Crippen molar-refractivity contribution in [3.63, 3.8) is 0 Å². The van der Waals surface area contributed by atoms with Gasteiger partial charge in [-0.2, -0.15) is 0 Å². The first-order valence-electron chi connectivity index (χ1n) is 22.5. The van der Waals surface area contributed by atoms with Crippen LogP contribution in [0.5, 0.6) is 0 Å². The van der Waals surface area contributed by atoms with E-state index in [-0.39, 0.29) is 0 Å². The van der Waals surface area contributed by atoms with Crippen molar-refractivity contribution in [1.29, 1.82) is 0 Å². The van der Waals surface area contributed by atoms with E-state index in [1.54, 1.807) is 5.56 Å². The van der Waals surface area contributed by atoms with Gasteiger partial charge < -0.3 is 11.5 Å². The second kappa shape index (κ2) is 39.3. The standard InChI is InChI=1S/C25H43N.C24H43N/c26-24-20-15-13-11-9-7-5-3-1-2-4-6-8-10-12-14-17-21-25-22-18-16-19-23-25;1-2-3-4-5-9-13-18-23(24-20-15-12-16-21-24)19-14-10-7-6-8-11-17-22-25/h1,3,16,18-19,22-23H,2,4-15,17,20-21,24,26H2;12,15-16,20-21,23H,2-11,13-14,17-19,22,25H2,1H3. The van der Waals surface area contributed by atoms with Crippen LogP contribution in [0.15, 0.2) is 72.8 Å². The summed E-state index contributed by atoms with van der Waals surface area (Å²) in [4.78, 5) is 0. The van der Waals surface area contributed by atoms with Gasteiger partial charge in [-0.1, -0.05) is 215 Å². The number of unbranched alkanes of at least 4 members (excludes halogenated alkanes) is 24. The molecular formula is C49H86N2. The van der Waals surface area contributed by atoms with Crippen LogP contribution < -0.4 is 11.5 Å². The molecule has 0 amide bonds. The van der Waals surface area contributed by atoms with Crippen LogP contribution in [-0.2, 0) is 6.42 Å². The normalized spacial score (nSPS) is 11.9. The summed E-state index contributed by atoms with van der Waals surface area (Å²) in [5, 5.41) is 0. The van der Waals surface area contributed by atoms with Crippen LogP contribution >= 0.6 is 0 Å². The van der Waals surface area contributed by atoms with E-state index >= 15 is 0 Å². The predicted molar refractivity (Wildman–Crippen MR) is 231 cm³/mol. The lowest BCUT2D eigenvalue weighted by molar-refractivity contribution is 0.485. The van der Waals surface area contributed by atoms with Crippen LogP contribution in [-0.4, -0.2) is 13.1 Å². The quantitative estimate of drug-likeness (QED) is 0.0555. The summed E-state index contributed by atoms with van der Waals surface area (Å²) in [6, 6.07) is 22.1. The summed E-state index contributed by atoms with van der Waals surface area (Å²) in [6.07, 6.45) is 47.1. The third-order valence-corrected chi connectivity index (χ3v) is 10.6. The molecule has 2 nitrogen and oxygen atoms in total. The van der Waals surface area contributed by atoms with E-state index < -0.39 is 0 Å². The van der Waals surface area contributed by atoms with Gasteiger partial charge in [-0.25, -0.2) is 0 Å². The number of hydrogen-bond acceptors (Lipinski definition) is 2. The van der Waals surface area contributed by atoms with Gasteiger partial charge in [0.25, 0.3) is 0 Å². The van der Waals surface area contributed by atoms with E-state index in [4.69, 9.17) is 11.5 Å². The highest BCUT2D eigenvalue weighted by Crippen LogP contribution is 2.28. The van der Waals surface area contributed by atoms with E-state index in [1.807, 2.05) is 0 Å². The Labute approximate surface area is 319 Å². The SMILES string of the molecule is CCCCCCCCC(CCCCCCCCCN)c1ccccc1.NCCCCCCCCC=CCCCCCCCCCc1ccccc1. The Bertz CT molecular complexity index is 939. The molecule has 0 aliphatic heterocycles. The van der Waals surface area contributed by atoms with Crippen LogP contribution in [0.25, 0.3) is 0 Å². The van der Waals surface area contributed by atoms with Gasteiger partial charge in [-0.15, -0.1) is 0 Å². The van der Waals surface area contributed by atoms with E-state index in [2.05, 4.69) is 79.7 Å². The summed E-state index contributed by atoms with van der Waals surface area (Å²) in [6.45, 7) is 4.01. The van der Waals surface area contributed by atoms with Gasteiger partial charge in [-0.3, -0.25) is 0 Å². The molecule has 0 aliphatic carbocycles. The summed E-state index contributed by atoms with van der Waals surface area (Å²) in [7, 11) is 0. The Kier molecular flexibility index (Phi) is 36.3. The lowest BCUT2D eigenvalue weighted by Gasteiger charge is -2.17. The average molecular weight is 703 g/mol. The van der Waals surface area contributed by atoms with Crippen molar-refractivity contribution in [2.75, 3.05) is 13.1 Å². The molecule has 2 aromatic carbocycles. The van der Waals surface area contributed by atoms with Crippen molar-refractivity contribution < 1.29 is 0 Å². The van der Waals surface area contributed by atoms with Crippen LogP contribution in [0.2, 0.25) is 0 Å². The van der Waals surface area contributed by atoms with Gasteiger partial charge in [0, 0.05) is 0 Å². The molecule has 1 unspecified atom stereocenters. The molecular weight excluding hydrogens is 617 g/mol. The fourth-order valence-corrected chi connectivity index (χ4v) is 7.26. The number of benzene rings is 2. The van der Waals surface area contributed by atoms with Gasteiger partial charge in [-0.05, 0) is 94.3 Å². The third-order valence-electron chi connectivity index (χ3n) is 10.6. The molecule has 4 N–H and O–H groups in total. The van der Waals surface area contributed by atoms with Crippen molar-refractivity contribution in [3.8, 4) is 0 Å². The summed E-state index contributed by atoms with van der Waals surface area (Å²) in [5.41, 5.74) is 14.1. The number of nitrogens with two attached hydrogens (primary N) is 2. The minimum absolute atomic E-state index is 0.782. The van der Waals surface area contributed by atoms with Gasteiger partial charge >= 0.3 is 0 Å². The van der Waals surface area contributed by atoms with E-state index in [9.17, 15) is 0 Å². The molecule has 0 saturated carbocycles.